The molecule has 0 spiro atoms. The van der Waals surface area contributed by atoms with Crippen LogP contribution in [0, 0.1) is 0 Å². The van der Waals surface area contributed by atoms with E-state index < -0.39 is 15.6 Å². The van der Waals surface area contributed by atoms with Crippen LogP contribution in [-0.2, 0) is 15.8 Å². The Morgan fingerprint density at radius 2 is 1.96 bits per heavy atom. The molecule has 1 aliphatic rings. The first-order chi connectivity index (χ1) is 13.0. The lowest BCUT2D eigenvalue weighted by molar-refractivity contribution is 0.0919. The van der Waals surface area contributed by atoms with Crippen LogP contribution in [0.15, 0.2) is 36.5 Å². The second-order valence-corrected chi connectivity index (χ2v) is 9.89. The van der Waals surface area contributed by atoms with Crippen LogP contribution in [0.4, 0.5) is 5.69 Å². The Balaban J connectivity index is 1.91. The number of fused-ring (bicyclic) bond motifs is 1. The zero-order chi connectivity index (χ0) is 20.5. The summed E-state index contributed by atoms with van der Waals surface area (Å²) < 4.78 is 32.8. The van der Waals surface area contributed by atoms with Gasteiger partial charge in [0, 0.05) is 16.8 Å². The Morgan fingerprint density at radius 1 is 1.29 bits per heavy atom. The Labute approximate surface area is 169 Å². The van der Waals surface area contributed by atoms with Crippen molar-refractivity contribution in [2.75, 3.05) is 17.5 Å². The lowest BCUT2D eigenvalue weighted by Crippen LogP contribution is -2.41. The largest absolute Gasteiger partial charge is 0.474 e. The predicted molar refractivity (Wildman–Crippen MR) is 108 cm³/mol. The van der Waals surface area contributed by atoms with Crippen molar-refractivity contribution in [1.82, 2.24) is 10.3 Å². The fourth-order valence-corrected chi connectivity index (χ4v) is 4.45. The van der Waals surface area contributed by atoms with E-state index in [1.165, 1.54) is 16.6 Å². The maximum absolute atomic E-state index is 13.0. The van der Waals surface area contributed by atoms with Crippen LogP contribution in [0.2, 0.25) is 5.02 Å². The van der Waals surface area contributed by atoms with Gasteiger partial charge in [0.05, 0.1) is 17.9 Å². The molecule has 9 heteroatoms. The van der Waals surface area contributed by atoms with Crippen molar-refractivity contribution in [3.05, 3.63) is 52.7 Å². The fraction of sp³-hybridized carbons (Fsp3) is 0.368. The quantitative estimate of drug-likeness (QED) is 0.816. The van der Waals surface area contributed by atoms with E-state index in [4.69, 9.17) is 16.3 Å². The van der Waals surface area contributed by atoms with Crippen molar-refractivity contribution in [2.24, 2.45) is 0 Å². The van der Waals surface area contributed by atoms with E-state index in [0.29, 0.717) is 10.6 Å². The molecule has 2 heterocycles. The molecule has 0 saturated heterocycles. The molecule has 1 N–H and O–H groups in total. The minimum Gasteiger partial charge on any atom is -0.474 e. The van der Waals surface area contributed by atoms with E-state index in [1.807, 2.05) is 20.8 Å². The number of aromatic nitrogens is 1. The highest BCUT2D eigenvalue weighted by atomic mass is 35.5. The molecule has 0 atom stereocenters. The van der Waals surface area contributed by atoms with Crippen LogP contribution in [0.3, 0.4) is 0 Å². The van der Waals surface area contributed by atoms with Gasteiger partial charge >= 0.3 is 0 Å². The molecule has 0 unspecified atom stereocenters. The molecule has 1 amide bonds. The standard InChI is InChI=1S/C19H22ClN3O4S/c1-19(2,3)22-17(24)14-10-16-18(21-11-14)27-9-8-23(16)28(25,26)12-13-4-6-15(20)7-5-13/h4-7,10-11H,8-9,12H2,1-3H3,(H,22,24). The lowest BCUT2D eigenvalue weighted by Gasteiger charge is -2.30. The van der Waals surface area contributed by atoms with Gasteiger partial charge in [-0.3, -0.25) is 9.10 Å². The smallest absolute Gasteiger partial charge is 0.253 e. The van der Waals surface area contributed by atoms with Gasteiger partial charge < -0.3 is 10.1 Å². The van der Waals surface area contributed by atoms with Gasteiger partial charge in [-0.05, 0) is 44.5 Å². The maximum atomic E-state index is 13.0. The second-order valence-electron chi connectivity index (χ2n) is 7.56. The maximum Gasteiger partial charge on any atom is 0.253 e. The molecule has 1 aromatic heterocycles. The number of anilines is 1. The van der Waals surface area contributed by atoms with Crippen LogP contribution in [0.25, 0.3) is 0 Å². The summed E-state index contributed by atoms with van der Waals surface area (Å²) >= 11 is 5.87. The number of hydrogen-bond donors (Lipinski definition) is 1. The molecule has 2 aromatic rings. The summed E-state index contributed by atoms with van der Waals surface area (Å²) in [5, 5.41) is 3.38. The lowest BCUT2D eigenvalue weighted by atomic mass is 10.1. The summed E-state index contributed by atoms with van der Waals surface area (Å²) in [6, 6.07) is 8.15. The first-order valence-electron chi connectivity index (χ1n) is 8.75. The molecule has 0 saturated carbocycles. The third kappa shape index (κ3) is 4.74. The average Bonchev–Trinajstić information content (AvgIpc) is 2.61. The van der Waals surface area contributed by atoms with Gasteiger partial charge in [-0.2, -0.15) is 0 Å². The summed E-state index contributed by atoms with van der Waals surface area (Å²) in [4.78, 5) is 16.6. The Morgan fingerprint density at radius 3 is 2.61 bits per heavy atom. The number of carbonyl (C=O) groups excluding carboxylic acids is 1. The van der Waals surface area contributed by atoms with Gasteiger partial charge in [-0.1, -0.05) is 23.7 Å². The van der Waals surface area contributed by atoms with E-state index in [-0.39, 0.29) is 41.9 Å². The summed E-state index contributed by atoms with van der Waals surface area (Å²) in [5.74, 6) is -0.330. The number of nitrogens with zero attached hydrogens (tertiary/aromatic N) is 2. The number of pyridine rings is 1. The normalized spacial score (nSPS) is 14.2. The Hall–Kier alpha value is -2.32. The van der Waals surface area contributed by atoms with Crippen LogP contribution >= 0.6 is 11.6 Å². The van der Waals surface area contributed by atoms with E-state index >= 15 is 0 Å². The molecule has 150 valence electrons. The SMILES string of the molecule is CC(C)(C)NC(=O)c1cnc2c(c1)N(S(=O)(=O)Cc1ccc(Cl)cc1)CCO2. The number of ether oxygens (including phenoxy) is 1. The Kier molecular flexibility index (Phi) is 5.54. The van der Waals surface area contributed by atoms with E-state index in [0.717, 1.165) is 0 Å². The molecule has 1 aromatic carbocycles. The molecule has 0 fully saturated rings. The predicted octanol–water partition coefficient (Wildman–Crippen LogP) is 2.99. The molecular formula is C19H22ClN3O4S. The number of sulfonamides is 1. The van der Waals surface area contributed by atoms with Crippen molar-refractivity contribution in [3.8, 4) is 5.88 Å². The summed E-state index contributed by atoms with van der Waals surface area (Å²) in [7, 11) is -3.70. The van der Waals surface area contributed by atoms with Crippen molar-refractivity contribution < 1.29 is 17.9 Å². The van der Waals surface area contributed by atoms with E-state index in [2.05, 4.69) is 10.3 Å². The van der Waals surface area contributed by atoms with Gasteiger partial charge in [0.25, 0.3) is 5.91 Å². The number of nitrogens with one attached hydrogen (secondary N) is 1. The number of amides is 1. The van der Waals surface area contributed by atoms with Crippen molar-refractivity contribution in [3.63, 3.8) is 0 Å². The third-order valence-electron chi connectivity index (χ3n) is 3.98. The summed E-state index contributed by atoms with van der Waals surface area (Å²) in [6.07, 6.45) is 1.38. The zero-order valence-electron chi connectivity index (χ0n) is 15.9. The molecule has 0 aliphatic carbocycles. The number of halogens is 1. The first-order valence-corrected chi connectivity index (χ1v) is 10.7. The summed E-state index contributed by atoms with van der Waals surface area (Å²) in [6.45, 7) is 5.93. The number of benzene rings is 1. The molecular weight excluding hydrogens is 402 g/mol. The number of hydrogen-bond acceptors (Lipinski definition) is 5. The molecule has 28 heavy (non-hydrogen) atoms. The van der Waals surface area contributed by atoms with E-state index in [1.54, 1.807) is 24.3 Å². The Bertz CT molecular complexity index is 985. The molecule has 0 radical (unpaired) electrons. The topological polar surface area (TPSA) is 88.6 Å². The second kappa shape index (κ2) is 7.60. The van der Waals surface area contributed by atoms with Crippen LogP contribution in [-0.4, -0.2) is 38.0 Å². The molecule has 3 rings (SSSR count). The minimum absolute atomic E-state index is 0.148. The first kappa shape index (κ1) is 20.4. The monoisotopic (exact) mass is 423 g/mol. The highest BCUT2D eigenvalue weighted by molar-refractivity contribution is 7.92. The van der Waals surface area contributed by atoms with Gasteiger partial charge in [0.15, 0.2) is 0 Å². The van der Waals surface area contributed by atoms with Gasteiger partial charge in [0.2, 0.25) is 15.9 Å². The highest BCUT2D eigenvalue weighted by Crippen LogP contribution is 2.33. The van der Waals surface area contributed by atoms with E-state index in [9.17, 15) is 13.2 Å². The average molecular weight is 424 g/mol. The van der Waals surface area contributed by atoms with Gasteiger partial charge in [-0.15, -0.1) is 0 Å². The molecule has 7 nitrogen and oxygen atoms in total. The molecule has 0 bridgehead atoms. The number of rotatable bonds is 4. The van der Waals surface area contributed by atoms with Crippen LogP contribution in [0.5, 0.6) is 5.88 Å². The number of carbonyl (C=O) groups is 1. The van der Waals surface area contributed by atoms with Crippen molar-refractivity contribution >= 4 is 33.2 Å². The van der Waals surface area contributed by atoms with Crippen molar-refractivity contribution in [1.29, 1.82) is 0 Å². The fourth-order valence-electron chi connectivity index (χ4n) is 2.77. The van der Waals surface area contributed by atoms with Gasteiger partial charge in [0.1, 0.15) is 12.3 Å². The van der Waals surface area contributed by atoms with Crippen molar-refractivity contribution in [2.45, 2.75) is 32.1 Å². The summed E-state index contributed by atoms with van der Waals surface area (Å²) in [5.41, 5.74) is 0.726. The zero-order valence-corrected chi connectivity index (χ0v) is 17.5. The third-order valence-corrected chi connectivity index (χ3v) is 5.98. The highest BCUT2D eigenvalue weighted by Gasteiger charge is 2.31. The minimum atomic E-state index is -3.70. The van der Waals surface area contributed by atoms with Crippen LogP contribution < -0.4 is 14.4 Å². The van der Waals surface area contributed by atoms with Gasteiger partial charge in [-0.25, -0.2) is 13.4 Å². The van der Waals surface area contributed by atoms with Crippen LogP contribution in [0.1, 0.15) is 36.7 Å². The molecule has 1 aliphatic heterocycles.